The van der Waals surface area contributed by atoms with Gasteiger partial charge in [-0.15, -0.1) is 0 Å². The van der Waals surface area contributed by atoms with Crippen molar-refractivity contribution >= 4 is 15.7 Å². The maximum atomic E-state index is 11.7. The minimum atomic E-state index is -3.25. The first-order chi connectivity index (χ1) is 6.03. The van der Waals surface area contributed by atoms with Crippen molar-refractivity contribution in [2.24, 2.45) is 0 Å². The first-order valence-corrected chi connectivity index (χ1v) is 5.58. The summed E-state index contributed by atoms with van der Waals surface area (Å²) in [6, 6.07) is 0. The van der Waals surface area contributed by atoms with Gasteiger partial charge in [-0.3, -0.25) is 0 Å². The molecule has 6 heteroatoms. The van der Waals surface area contributed by atoms with Crippen molar-refractivity contribution in [1.29, 1.82) is 0 Å². The van der Waals surface area contributed by atoms with Crippen LogP contribution in [-0.4, -0.2) is 22.9 Å². The molecule has 13 heavy (non-hydrogen) atoms. The molecule has 0 atom stereocenters. The van der Waals surface area contributed by atoms with Crippen molar-refractivity contribution in [1.82, 2.24) is 9.19 Å². The smallest absolute Gasteiger partial charge is 0.256 e. The summed E-state index contributed by atoms with van der Waals surface area (Å²) in [6.07, 6.45) is 2.85. The van der Waals surface area contributed by atoms with Crippen molar-refractivity contribution in [2.45, 2.75) is 25.0 Å². The molecule has 1 aromatic rings. The minimum Gasteiger partial charge on any atom is -0.396 e. The molecule has 0 bridgehead atoms. The summed E-state index contributed by atoms with van der Waals surface area (Å²) < 4.78 is 24.4. The number of nitrogen functional groups attached to an aromatic ring is 1. The quantitative estimate of drug-likeness (QED) is 0.736. The zero-order valence-electron chi connectivity index (χ0n) is 7.27. The second-order valence-corrected chi connectivity index (χ2v) is 5.32. The van der Waals surface area contributed by atoms with Crippen LogP contribution in [0.15, 0.2) is 6.20 Å². The van der Waals surface area contributed by atoms with E-state index in [0.717, 1.165) is 16.9 Å². The van der Waals surface area contributed by atoms with Crippen molar-refractivity contribution in [3.8, 4) is 0 Å². The van der Waals surface area contributed by atoms with E-state index in [2.05, 4.69) is 5.10 Å². The van der Waals surface area contributed by atoms with Gasteiger partial charge in [-0.25, -0.2) is 8.42 Å². The molecular weight excluding hydrogens is 190 g/mol. The van der Waals surface area contributed by atoms with Crippen LogP contribution in [0, 0.1) is 6.92 Å². The van der Waals surface area contributed by atoms with Gasteiger partial charge in [0.2, 0.25) is 0 Å². The summed E-state index contributed by atoms with van der Waals surface area (Å²) in [5.74, 6) is 0. The maximum absolute atomic E-state index is 11.7. The van der Waals surface area contributed by atoms with Crippen LogP contribution >= 0.6 is 0 Å². The fraction of sp³-hybridized carbons (Fsp3) is 0.571. The summed E-state index contributed by atoms with van der Waals surface area (Å²) in [4.78, 5) is 0. The van der Waals surface area contributed by atoms with Gasteiger partial charge in [-0.05, 0) is 19.8 Å². The molecule has 2 rings (SSSR count). The third-order valence-electron chi connectivity index (χ3n) is 2.19. The topological polar surface area (TPSA) is 78.0 Å². The van der Waals surface area contributed by atoms with E-state index in [1.165, 1.54) is 6.20 Å². The van der Waals surface area contributed by atoms with Crippen LogP contribution in [0.1, 0.15) is 18.5 Å². The van der Waals surface area contributed by atoms with Gasteiger partial charge in [0.15, 0.2) is 0 Å². The zero-order chi connectivity index (χ0) is 9.64. The van der Waals surface area contributed by atoms with Gasteiger partial charge in [0.25, 0.3) is 10.0 Å². The molecular formula is C7H11N3O2S. The first kappa shape index (κ1) is 8.55. The third-order valence-corrected chi connectivity index (χ3v) is 4.36. The lowest BCUT2D eigenvalue weighted by Gasteiger charge is -2.03. The number of hydrogen-bond acceptors (Lipinski definition) is 4. The Hall–Kier alpha value is -1.04. The van der Waals surface area contributed by atoms with Gasteiger partial charge in [-0.2, -0.15) is 9.19 Å². The molecule has 2 N–H and O–H groups in total. The van der Waals surface area contributed by atoms with E-state index in [1.807, 2.05) is 0 Å². The molecule has 0 unspecified atom stereocenters. The van der Waals surface area contributed by atoms with Crippen molar-refractivity contribution in [3.63, 3.8) is 0 Å². The lowest BCUT2D eigenvalue weighted by atomic mass is 10.4. The van der Waals surface area contributed by atoms with Gasteiger partial charge >= 0.3 is 0 Å². The fourth-order valence-corrected chi connectivity index (χ4v) is 2.85. The van der Waals surface area contributed by atoms with Crippen molar-refractivity contribution in [2.75, 3.05) is 5.73 Å². The van der Waals surface area contributed by atoms with Gasteiger partial charge in [-0.1, -0.05) is 0 Å². The highest BCUT2D eigenvalue weighted by atomic mass is 32.2. The molecule has 1 heterocycles. The second kappa shape index (κ2) is 2.47. The van der Waals surface area contributed by atoms with E-state index in [1.54, 1.807) is 6.92 Å². The molecule has 1 saturated carbocycles. The predicted octanol–water partition coefficient (Wildman–Crippen LogP) is 0.114. The summed E-state index contributed by atoms with van der Waals surface area (Å²) in [6.45, 7) is 1.66. The SMILES string of the molecule is Cc1c(N)cnn1S(=O)(=O)C1CC1. The van der Waals surface area contributed by atoms with E-state index in [4.69, 9.17) is 5.73 Å². The number of nitrogens with two attached hydrogens (primary N) is 1. The van der Waals surface area contributed by atoms with Crippen LogP contribution < -0.4 is 5.73 Å². The largest absolute Gasteiger partial charge is 0.396 e. The Kier molecular flexibility index (Phi) is 1.63. The number of nitrogens with zero attached hydrogens (tertiary/aromatic N) is 2. The lowest BCUT2D eigenvalue weighted by molar-refractivity contribution is 0.577. The van der Waals surface area contributed by atoms with Crippen LogP contribution in [0.3, 0.4) is 0 Å². The van der Waals surface area contributed by atoms with Crippen LogP contribution in [0.5, 0.6) is 0 Å². The molecule has 5 nitrogen and oxygen atoms in total. The molecule has 1 aromatic heterocycles. The predicted molar refractivity (Wildman–Crippen MR) is 48.7 cm³/mol. The van der Waals surface area contributed by atoms with Crippen molar-refractivity contribution < 1.29 is 8.42 Å². The van der Waals surface area contributed by atoms with Crippen LogP contribution in [-0.2, 0) is 10.0 Å². The van der Waals surface area contributed by atoms with Crippen molar-refractivity contribution in [3.05, 3.63) is 11.9 Å². The van der Waals surface area contributed by atoms with Crippen LogP contribution in [0.25, 0.3) is 0 Å². The standard InChI is InChI=1S/C7H11N3O2S/c1-5-7(8)4-9-10(5)13(11,12)6-2-3-6/h4,6H,2-3,8H2,1H3. The summed E-state index contributed by atoms with van der Waals surface area (Å²) in [7, 11) is -3.25. The molecule has 1 aliphatic carbocycles. The van der Waals surface area contributed by atoms with Gasteiger partial charge in [0.05, 0.1) is 22.8 Å². The Morgan fingerprint density at radius 2 is 2.23 bits per heavy atom. The Morgan fingerprint density at radius 1 is 1.62 bits per heavy atom. The van der Waals surface area contributed by atoms with Gasteiger partial charge < -0.3 is 5.73 Å². The number of anilines is 1. The van der Waals surface area contributed by atoms with E-state index >= 15 is 0 Å². The monoisotopic (exact) mass is 201 g/mol. The molecule has 0 spiro atoms. The number of hydrogen-bond donors (Lipinski definition) is 1. The highest BCUT2D eigenvalue weighted by Gasteiger charge is 2.38. The van der Waals surface area contributed by atoms with Crippen LogP contribution in [0.4, 0.5) is 5.69 Å². The summed E-state index contributed by atoms with van der Waals surface area (Å²) >= 11 is 0. The van der Waals surface area contributed by atoms with Gasteiger partial charge in [0.1, 0.15) is 0 Å². The average molecular weight is 201 g/mol. The molecule has 1 aliphatic rings. The summed E-state index contributed by atoms with van der Waals surface area (Å²) in [5.41, 5.74) is 6.44. The Labute approximate surface area is 76.6 Å². The second-order valence-electron chi connectivity index (χ2n) is 3.27. The Balaban J connectivity index is 2.51. The fourth-order valence-electron chi connectivity index (χ4n) is 1.17. The van der Waals surface area contributed by atoms with E-state index in [-0.39, 0.29) is 5.25 Å². The average Bonchev–Trinajstić information content (AvgIpc) is 2.82. The summed E-state index contributed by atoms with van der Waals surface area (Å²) in [5, 5.41) is 3.51. The number of rotatable bonds is 2. The normalized spacial score (nSPS) is 17.6. The Bertz CT molecular complexity index is 431. The lowest BCUT2D eigenvalue weighted by Crippen LogP contribution is -2.20. The number of aromatic nitrogens is 2. The molecule has 0 radical (unpaired) electrons. The van der Waals surface area contributed by atoms with E-state index < -0.39 is 10.0 Å². The molecule has 0 amide bonds. The zero-order valence-corrected chi connectivity index (χ0v) is 8.08. The first-order valence-electron chi connectivity index (χ1n) is 4.08. The molecule has 1 fully saturated rings. The minimum absolute atomic E-state index is 0.245. The molecule has 0 aliphatic heterocycles. The van der Waals surface area contributed by atoms with E-state index in [0.29, 0.717) is 11.4 Å². The highest BCUT2D eigenvalue weighted by molar-refractivity contribution is 7.90. The third kappa shape index (κ3) is 1.21. The van der Waals surface area contributed by atoms with Crippen LogP contribution in [0.2, 0.25) is 0 Å². The highest BCUT2D eigenvalue weighted by Crippen LogP contribution is 2.30. The van der Waals surface area contributed by atoms with Gasteiger partial charge in [0, 0.05) is 0 Å². The molecule has 0 saturated heterocycles. The maximum Gasteiger partial charge on any atom is 0.256 e. The Morgan fingerprint density at radius 3 is 2.62 bits per heavy atom. The molecule has 72 valence electrons. The molecule has 0 aromatic carbocycles. The van der Waals surface area contributed by atoms with E-state index in [9.17, 15) is 8.42 Å².